The van der Waals surface area contributed by atoms with Crippen molar-refractivity contribution in [3.8, 4) is 0 Å². The van der Waals surface area contributed by atoms with Gasteiger partial charge in [0.1, 0.15) is 0 Å². The first-order valence-electron chi connectivity index (χ1n) is 3.72. The van der Waals surface area contributed by atoms with E-state index in [-0.39, 0.29) is 0 Å². The molecule has 3 atom stereocenters. The van der Waals surface area contributed by atoms with E-state index in [9.17, 15) is 0 Å². The highest BCUT2D eigenvalue weighted by molar-refractivity contribution is 7.80. The summed E-state index contributed by atoms with van der Waals surface area (Å²) in [6.07, 6.45) is 6.77. The van der Waals surface area contributed by atoms with Gasteiger partial charge in [-0.15, -0.1) is 9.24 Å². The Morgan fingerprint density at radius 3 is 2.67 bits per heavy atom. The lowest BCUT2D eigenvalue weighted by atomic mass is 10.2. The Bertz CT molecular complexity index is 75.0. The van der Waals surface area contributed by atoms with Crippen molar-refractivity contribution in [1.29, 1.82) is 0 Å². The lowest BCUT2D eigenvalue weighted by Gasteiger charge is -2.04. The van der Waals surface area contributed by atoms with Gasteiger partial charge < -0.3 is 0 Å². The number of rotatable bonds is 0. The second kappa shape index (κ2) is 3.83. The van der Waals surface area contributed by atoms with Crippen molar-refractivity contribution in [3.05, 3.63) is 0 Å². The molecule has 0 heterocycles. The van der Waals surface area contributed by atoms with Gasteiger partial charge in [0.25, 0.3) is 0 Å². The molecule has 0 bridgehead atoms. The van der Waals surface area contributed by atoms with E-state index in [0.717, 1.165) is 5.66 Å². The number of thiol groups is 1. The van der Waals surface area contributed by atoms with Crippen molar-refractivity contribution < 1.29 is 0 Å². The van der Waals surface area contributed by atoms with E-state index >= 15 is 0 Å². The van der Waals surface area contributed by atoms with E-state index in [2.05, 4.69) is 21.9 Å². The topological polar surface area (TPSA) is 0 Å². The van der Waals surface area contributed by atoms with Gasteiger partial charge in [0.2, 0.25) is 0 Å². The molecule has 1 aliphatic rings. The van der Waals surface area contributed by atoms with E-state index in [4.69, 9.17) is 0 Å². The second-order valence-corrected chi connectivity index (χ2v) is 4.60. The minimum Gasteiger partial charge on any atom is -0.176 e. The van der Waals surface area contributed by atoms with Gasteiger partial charge in [-0.2, -0.15) is 12.6 Å². The maximum Gasteiger partial charge on any atom is 0.00170 e. The summed E-state index contributed by atoms with van der Waals surface area (Å²) in [4.78, 5) is 0. The molecule has 0 aliphatic heterocycles. The molecule has 1 fully saturated rings. The van der Waals surface area contributed by atoms with Crippen LogP contribution in [0.3, 0.4) is 0 Å². The second-order valence-electron chi connectivity index (χ2n) is 2.92. The van der Waals surface area contributed by atoms with E-state index in [1.807, 2.05) is 0 Å². The van der Waals surface area contributed by atoms with E-state index < -0.39 is 0 Å². The van der Waals surface area contributed by atoms with Crippen molar-refractivity contribution in [2.75, 3.05) is 0 Å². The third-order valence-electron chi connectivity index (χ3n) is 1.98. The van der Waals surface area contributed by atoms with Gasteiger partial charge in [-0.05, 0) is 31.3 Å². The average Bonchev–Trinajstić information content (AvgIpc) is 1.97. The summed E-state index contributed by atoms with van der Waals surface area (Å²) in [6, 6.07) is 0. The first-order chi connectivity index (χ1) is 4.29. The predicted octanol–water partition coefficient (Wildman–Crippen LogP) is 2.49. The van der Waals surface area contributed by atoms with E-state index in [1.165, 1.54) is 32.1 Å². The van der Waals surface area contributed by atoms with Crippen LogP contribution in [0.2, 0.25) is 0 Å². The molecule has 1 aliphatic carbocycles. The molecule has 1 saturated carbocycles. The summed E-state index contributed by atoms with van der Waals surface area (Å²) in [5, 5.41) is 0.690. The molecule has 0 aromatic rings. The first-order valence-corrected chi connectivity index (χ1v) is 4.91. The van der Waals surface area contributed by atoms with Crippen molar-refractivity contribution in [2.24, 2.45) is 0 Å². The average molecular weight is 162 g/mol. The number of hydrogen-bond acceptors (Lipinski definition) is 1. The standard InChI is InChI=1S/C7H15PS/c8-6-2-1-3-7(9)5-4-6/h6-7,9H,1-5,8H2. The molecule has 0 aromatic heterocycles. The molecule has 0 N–H and O–H groups in total. The highest BCUT2D eigenvalue weighted by Crippen LogP contribution is 2.25. The van der Waals surface area contributed by atoms with Crippen LogP contribution in [0.1, 0.15) is 32.1 Å². The minimum atomic E-state index is 0.690. The highest BCUT2D eigenvalue weighted by atomic mass is 32.1. The third-order valence-corrected chi connectivity index (χ3v) is 3.17. The Labute approximate surface area is 65.4 Å². The molecule has 0 aromatic carbocycles. The maximum atomic E-state index is 4.46. The molecular weight excluding hydrogens is 147 g/mol. The van der Waals surface area contributed by atoms with Gasteiger partial charge in [-0.1, -0.05) is 6.42 Å². The van der Waals surface area contributed by atoms with E-state index in [1.54, 1.807) is 0 Å². The zero-order chi connectivity index (χ0) is 6.69. The summed E-state index contributed by atoms with van der Waals surface area (Å²) in [5.74, 6) is 0. The monoisotopic (exact) mass is 162 g/mol. The zero-order valence-corrected chi connectivity index (χ0v) is 7.76. The fourth-order valence-corrected chi connectivity index (χ4v) is 2.07. The SMILES string of the molecule is PC1CCCC(S)CC1. The highest BCUT2D eigenvalue weighted by Gasteiger charge is 2.12. The lowest BCUT2D eigenvalue weighted by molar-refractivity contribution is 0.718. The Hall–Kier alpha value is 0.780. The largest absolute Gasteiger partial charge is 0.176 e. The van der Waals surface area contributed by atoms with Crippen LogP contribution in [0.4, 0.5) is 0 Å². The number of hydrogen-bond donors (Lipinski definition) is 1. The maximum absolute atomic E-state index is 4.46. The Balaban J connectivity index is 2.25. The molecule has 3 unspecified atom stereocenters. The molecule has 0 nitrogen and oxygen atoms in total. The van der Waals surface area contributed by atoms with Crippen LogP contribution in [0, 0.1) is 0 Å². The van der Waals surface area contributed by atoms with Crippen LogP contribution in [0.5, 0.6) is 0 Å². The molecule has 54 valence electrons. The Morgan fingerprint density at radius 1 is 1.11 bits per heavy atom. The lowest BCUT2D eigenvalue weighted by Crippen LogP contribution is -1.96. The molecule has 0 amide bonds. The van der Waals surface area contributed by atoms with Crippen LogP contribution >= 0.6 is 21.9 Å². The van der Waals surface area contributed by atoms with Crippen LogP contribution in [-0.2, 0) is 0 Å². The van der Waals surface area contributed by atoms with Crippen molar-refractivity contribution in [2.45, 2.75) is 43.0 Å². The normalized spacial score (nSPS) is 38.0. The minimum absolute atomic E-state index is 0.690. The zero-order valence-electron chi connectivity index (χ0n) is 5.71. The molecular formula is C7H15PS. The van der Waals surface area contributed by atoms with Crippen molar-refractivity contribution >= 4 is 21.9 Å². The summed E-state index contributed by atoms with van der Waals surface area (Å²) >= 11 is 4.46. The van der Waals surface area contributed by atoms with Crippen LogP contribution in [0.15, 0.2) is 0 Å². The van der Waals surface area contributed by atoms with Crippen LogP contribution in [-0.4, -0.2) is 10.9 Å². The van der Waals surface area contributed by atoms with Gasteiger partial charge in [0.15, 0.2) is 0 Å². The summed E-state index contributed by atoms with van der Waals surface area (Å²) in [6.45, 7) is 0. The fraction of sp³-hybridized carbons (Fsp3) is 1.00. The van der Waals surface area contributed by atoms with E-state index in [0.29, 0.717) is 5.25 Å². The third kappa shape index (κ3) is 2.91. The first kappa shape index (κ1) is 7.88. The van der Waals surface area contributed by atoms with Gasteiger partial charge >= 0.3 is 0 Å². The van der Waals surface area contributed by atoms with Crippen molar-refractivity contribution in [1.82, 2.24) is 0 Å². The summed E-state index contributed by atoms with van der Waals surface area (Å²) < 4.78 is 0. The molecule has 0 radical (unpaired) electrons. The molecule has 0 saturated heterocycles. The smallest absolute Gasteiger partial charge is 0.00170 e. The Kier molecular flexibility index (Phi) is 3.35. The molecule has 9 heavy (non-hydrogen) atoms. The molecule has 2 heteroatoms. The van der Waals surface area contributed by atoms with Gasteiger partial charge in [0.05, 0.1) is 0 Å². The van der Waals surface area contributed by atoms with Crippen LogP contribution in [0.25, 0.3) is 0 Å². The summed E-state index contributed by atoms with van der Waals surface area (Å²) in [5.41, 5.74) is 0.877. The quantitative estimate of drug-likeness (QED) is 0.316. The molecule has 1 rings (SSSR count). The Morgan fingerprint density at radius 2 is 1.89 bits per heavy atom. The fourth-order valence-electron chi connectivity index (χ4n) is 1.31. The van der Waals surface area contributed by atoms with Gasteiger partial charge in [-0.3, -0.25) is 0 Å². The van der Waals surface area contributed by atoms with Gasteiger partial charge in [0, 0.05) is 5.25 Å². The van der Waals surface area contributed by atoms with Crippen molar-refractivity contribution in [3.63, 3.8) is 0 Å². The van der Waals surface area contributed by atoms with Crippen LogP contribution < -0.4 is 0 Å². The van der Waals surface area contributed by atoms with Gasteiger partial charge in [-0.25, -0.2) is 0 Å². The summed E-state index contributed by atoms with van der Waals surface area (Å²) in [7, 11) is 2.92. The molecule has 0 spiro atoms. The predicted molar refractivity (Wildman–Crippen MR) is 49.4 cm³/mol.